The highest BCUT2D eigenvalue weighted by Crippen LogP contribution is 2.20. The molecule has 2 aromatic carbocycles. The molecule has 1 amide bonds. The van der Waals surface area contributed by atoms with Crippen molar-refractivity contribution in [1.82, 2.24) is 19.9 Å². The first kappa shape index (κ1) is 17.9. The molecule has 0 fully saturated rings. The van der Waals surface area contributed by atoms with Crippen molar-refractivity contribution in [2.75, 3.05) is 0 Å². The van der Waals surface area contributed by atoms with Crippen LogP contribution in [0.15, 0.2) is 89.0 Å². The maximum atomic E-state index is 12.6. The summed E-state index contributed by atoms with van der Waals surface area (Å²) in [5.74, 6) is -0.251. The van der Waals surface area contributed by atoms with Crippen LogP contribution in [0.1, 0.15) is 15.9 Å². The summed E-state index contributed by atoms with van der Waals surface area (Å²) in [5.41, 5.74) is 1.91. The van der Waals surface area contributed by atoms with E-state index in [9.17, 15) is 13.2 Å². The third-order valence-electron chi connectivity index (χ3n) is 4.28. The van der Waals surface area contributed by atoms with Crippen LogP contribution < -0.4 is 5.32 Å². The lowest BCUT2D eigenvalue weighted by Gasteiger charge is -2.08. The van der Waals surface area contributed by atoms with E-state index in [1.54, 1.807) is 72.9 Å². The molecule has 4 rings (SSSR count). The number of hydrogen-bond acceptors (Lipinski definition) is 5. The van der Waals surface area contributed by atoms with E-state index in [1.807, 2.05) is 0 Å². The fourth-order valence-corrected chi connectivity index (χ4v) is 4.04. The largest absolute Gasteiger partial charge is 0.348 e. The Bertz CT molecular complexity index is 1230. The molecule has 2 aromatic heterocycles. The Morgan fingerprint density at radius 3 is 2.39 bits per heavy atom. The fraction of sp³-hybridized carbons (Fsp3) is 0.0500. The molecular weight excluding hydrogens is 376 g/mol. The summed E-state index contributed by atoms with van der Waals surface area (Å²) in [5, 5.41) is 6.82. The number of aromatic nitrogens is 3. The lowest BCUT2D eigenvalue weighted by Crippen LogP contribution is -2.23. The second kappa shape index (κ2) is 7.24. The molecule has 0 bridgehead atoms. The van der Waals surface area contributed by atoms with Crippen molar-refractivity contribution in [3.63, 3.8) is 0 Å². The molecule has 0 spiro atoms. The number of fused-ring (bicyclic) bond motifs is 1. The van der Waals surface area contributed by atoms with Crippen LogP contribution in [0.3, 0.4) is 0 Å². The minimum absolute atomic E-state index is 0.213. The van der Waals surface area contributed by atoms with Crippen molar-refractivity contribution in [1.29, 1.82) is 0 Å². The second-order valence-electron chi connectivity index (χ2n) is 6.12. The van der Waals surface area contributed by atoms with Gasteiger partial charge in [0.2, 0.25) is 9.84 Å². The molecule has 2 heterocycles. The van der Waals surface area contributed by atoms with E-state index < -0.39 is 9.84 Å². The van der Waals surface area contributed by atoms with Crippen LogP contribution in [0, 0.1) is 0 Å². The van der Waals surface area contributed by atoms with Crippen molar-refractivity contribution < 1.29 is 13.2 Å². The molecule has 0 unspecified atom stereocenters. The van der Waals surface area contributed by atoms with Crippen LogP contribution in [-0.4, -0.2) is 28.9 Å². The number of rotatable bonds is 5. The van der Waals surface area contributed by atoms with Crippen molar-refractivity contribution >= 4 is 21.4 Å². The van der Waals surface area contributed by atoms with Gasteiger partial charge >= 0.3 is 0 Å². The summed E-state index contributed by atoms with van der Waals surface area (Å²) in [7, 11) is -3.55. The molecule has 0 atom stereocenters. The van der Waals surface area contributed by atoms with Gasteiger partial charge in [-0.05, 0) is 42.0 Å². The quantitative estimate of drug-likeness (QED) is 0.563. The number of benzene rings is 2. The van der Waals surface area contributed by atoms with E-state index in [1.165, 1.54) is 10.8 Å². The van der Waals surface area contributed by atoms with Crippen LogP contribution in [0.5, 0.6) is 0 Å². The van der Waals surface area contributed by atoms with Gasteiger partial charge in [-0.15, -0.1) is 0 Å². The van der Waals surface area contributed by atoms with Gasteiger partial charge in [-0.1, -0.05) is 30.3 Å². The van der Waals surface area contributed by atoms with Gasteiger partial charge in [-0.25, -0.2) is 17.9 Å². The number of hydrogen-bond donors (Lipinski definition) is 1. The number of nitrogens with one attached hydrogen (secondary N) is 1. The zero-order chi connectivity index (χ0) is 19.6. The highest BCUT2D eigenvalue weighted by Gasteiger charge is 2.16. The third-order valence-corrected chi connectivity index (χ3v) is 6.06. The standard InChI is InChI=1S/C20H16N4O3S/c25-20(16-8-11-19-22-14-23-24(19)13-16)21-12-15-6-9-18(10-7-15)28(26,27)17-4-2-1-3-5-17/h1-11,13-14H,12H2,(H,21,25). The van der Waals surface area contributed by atoms with Gasteiger partial charge in [0.05, 0.1) is 15.4 Å². The molecule has 140 valence electrons. The Morgan fingerprint density at radius 1 is 0.929 bits per heavy atom. The minimum atomic E-state index is -3.55. The van der Waals surface area contributed by atoms with E-state index in [0.717, 1.165) is 5.56 Å². The minimum Gasteiger partial charge on any atom is -0.348 e. The Balaban J connectivity index is 1.45. The van der Waals surface area contributed by atoms with Gasteiger partial charge in [-0.2, -0.15) is 5.10 Å². The predicted octanol–water partition coefficient (Wildman–Crippen LogP) is 2.49. The van der Waals surface area contributed by atoms with Crippen LogP contribution in [-0.2, 0) is 16.4 Å². The topological polar surface area (TPSA) is 93.4 Å². The molecule has 7 nitrogen and oxygen atoms in total. The van der Waals surface area contributed by atoms with E-state index in [-0.39, 0.29) is 22.2 Å². The molecular formula is C20H16N4O3S. The first-order chi connectivity index (χ1) is 13.5. The summed E-state index contributed by atoms with van der Waals surface area (Å²) >= 11 is 0. The van der Waals surface area contributed by atoms with Crippen molar-refractivity contribution in [2.24, 2.45) is 0 Å². The summed E-state index contributed by atoms with van der Waals surface area (Å²) in [4.78, 5) is 16.8. The average molecular weight is 392 g/mol. The Morgan fingerprint density at radius 2 is 1.64 bits per heavy atom. The summed E-state index contributed by atoms with van der Waals surface area (Å²) < 4.78 is 26.7. The van der Waals surface area contributed by atoms with Crippen LogP contribution in [0.25, 0.3) is 5.65 Å². The molecule has 0 saturated carbocycles. The molecule has 0 aliphatic heterocycles. The molecule has 0 radical (unpaired) electrons. The number of carbonyl (C=O) groups excluding carboxylic acids is 1. The Kier molecular flexibility index (Phi) is 4.62. The van der Waals surface area contributed by atoms with Gasteiger partial charge in [0.1, 0.15) is 6.33 Å². The van der Waals surface area contributed by atoms with E-state index in [0.29, 0.717) is 11.2 Å². The number of carbonyl (C=O) groups is 1. The molecule has 0 saturated heterocycles. The Hall–Kier alpha value is -3.52. The molecule has 0 aliphatic rings. The van der Waals surface area contributed by atoms with Gasteiger partial charge < -0.3 is 5.32 Å². The smallest absolute Gasteiger partial charge is 0.253 e. The number of nitrogens with zero attached hydrogens (tertiary/aromatic N) is 3. The van der Waals surface area contributed by atoms with Crippen molar-refractivity contribution in [3.05, 3.63) is 90.4 Å². The van der Waals surface area contributed by atoms with Crippen molar-refractivity contribution in [3.8, 4) is 0 Å². The Labute approximate surface area is 161 Å². The molecule has 1 N–H and O–H groups in total. The van der Waals surface area contributed by atoms with Crippen LogP contribution in [0.4, 0.5) is 0 Å². The van der Waals surface area contributed by atoms with Crippen LogP contribution in [0.2, 0.25) is 0 Å². The number of sulfone groups is 1. The highest BCUT2D eigenvalue weighted by molar-refractivity contribution is 7.91. The molecule has 4 aromatic rings. The first-order valence-electron chi connectivity index (χ1n) is 8.51. The number of amides is 1. The van der Waals surface area contributed by atoms with E-state index >= 15 is 0 Å². The first-order valence-corrected chi connectivity index (χ1v) is 9.99. The highest BCUT2D eigenvalue weighted by atomic mass is 32.2. The maximum Gasteiger partial charge on any atom is 0.253 e. The molecule has 8 heteroatoms. The lowest BCUT2D eigenvalue weighted by atomic mass is 10.2. The second-order valence-corrected chi connectivity index (χ2v) is 8.07. The summed E-state index contributed by atoms with van der Waals surface area (Å²) in [6.45, 7) is 0.278. The zero-order valence-corrected chi connectivity index (χ0v) is 15.5. The SMILES string of the molecule is O=C(NCc1ccc(S(=O)(=O)c2ccccc2)cc1)c1ccc2ncnn2c1. The monoisotopic (exact) mass is 392 g/mol. The third kappa shape index (κ3) is 3.49. The fourth-order valence-electron chi connectivity index (χ4n) is 2.76. The average Bonchev–Trinajstić information content (AvgIpc) is 3.21. The lowest BCUT2D eigenvalue weighted by molar-refractivity contribution is 0.0950. The van der Waals surface area contributed by atoms with E-state index in [2.05, 4.69) is 15.4 Å². The van der Waals surface area contributed by atoms with Crippen LogP contribution >= 0.6 is 0 Å². The van der Waals surface area contributed by atoms with Crippen molar-refractivity contribution in [2.45, 2.75) is 16.3 Å². The van der Waals surface area contributed by atoms with Gasteiger partial charge in [0.25, 0.3) is 5.91 Å². The molecule has 28 heavy (non-hydrogen) atoms. The zero-order valence-electron chi connectivity index (χ0n) is 14.7. The number of pyridine rings is 1. The van der Waals surface area contributed by atoms with Gasteiger partial charge in [0, 0.05) is 12.7 Å². The predicted molar refractivity (Wildman–Crippen MR) is 102 cm³/mol. The normalized spacial score (nSPS) is 11.4. The summed E-state index contributed by atoms with van der Waals surface area (Å²) in [6.07, 6.45) is 3.02. The van der Waals surface area contributed by atoms with Gasteiger partial charge in [-0.3, -0.25) is 4.79 Å². The maximum absolute atomic E-state index is 12.6. The summed E-state index contributed by atoms with van der Waals surface area (Å²) in [6, 6.07) is 18.1. The van der Waals surface area contributed by atoms with Gasteiger partial charge in [0.15, 0.2) is 5.65 Å². The molecule has 0 aliphatic carbocycles. The van der Waals surface area contributed by atoms with E-state index in [4.69, 9.17) is 0 Å².